The van der Waals surface area contributed by atoms with E-state index in [0.717, 1.165) is 0 Å². The van der Waals surface area contributed by atoms with Crippen LogP contribution in [0.15, 0.2) is 0 Å². The Morgan fingerprint density at radius 3 is 0.444 bits per heavy atom. The molecule has 0 aliphatic rings. The Bertz CT molecular complexity index is 164. The minimum atomic E-state index is -1.75. The van der Waals surface area contributed by atoms with Crippen molar-refractivity contribution in [3.63, 3.8) is 0 Å². The largest absolute Gasteiger partial charge is 2.00 e. The molecule has 0 saturated heterocycles. The van der Waals surface area contributed by atoms with Gasteiger partial charge < -0.3 is 61.3 Å². The predicted octanol–water partition coefficient (Wildman–Crippen LogP) is -0.961. The third-order valence-corrected chi connectivity index (χ3v) is 0. The number of hydrogen-bond donors (Lipinski definition) is 0. The summed E-state index contributed by atoms with van der Waals surface area (Å²) in [5.74, 6) is 0. The summed E-state index contributed by atoms with van der Waals surface area (Å²) in [4.78, 5) is 33.0. The first-order valence-electron chi connectivity index (χ1n) is 2.19. The normalized spacial score (nSPS) is 5.33. The summed E-state index contributed by atoms with van der Waals surface area (Å²) in [6.45, 7) is 0. The van der Waals surface area contributed by atoms with E-state index in [2.05, 4.69) is 0 Å². The molecule has 16 nitrogen and oxygen atoms in total. The van der Waals surface area contributed by atoms with Gasteiger partial charge in [0.25, 0.3) is 0 Å². The molecule has 0 aliphatic carbocycles. The number of rotatable bonds is 0. The van der Waals surface area contributed by atoms with E-state index in [9.17, 15) is 0 Å². The van der Waals surface area contributed by atoms with E-state index >= 15 is 0 Å². The molecular weight excluding hydrogens is 424 g/mol. The maximum absolute atomic E-state index is 8.25. The van der Waals surface area contributed by atoms with Crippen LogP contribution < -0.4 is 0 Å². The van der Waals surface area contributed by atoms with E-state index in [0.29, 0.717) is 0 Å². The van der Waals surface area contributed by atoms with Crippen molar-refractivity contribution in [3.8, 4) is 0 Å². The Morgan fingerprint density at radius 1 is 0.444 bits per heavy atom. The molecule has 0 unspecified atom stereocenters. The topological polar surface area (TPSA) is 265 Å². The average molecular weight is 424 g/mol. The average Bonchev–Trinajstić information content (AvgIpc) is 1.76. The zero-order valence-corrected chi connectivity index (χ0v) is 12.7. The minimum absolute atomic E-state index is 0. The van der Waals surface area contributed by atoms with Crippen molar-refractivity contribution < 1.29 is 64.7 Å². The van der Waals surface area contributed by atoms with Gasteiger partial charge >= 0.3 is 44.4 Å². The molecule has 0 aliphatic heterocycles. The zero-order valence-electron chi connectivity index (χ0n) is 7.70. The summed E-state index contributed by atoms with van der Waals surface area (Å²) in [5.41, 5.74) is 0. The second-order valence-electron chi connectivity index (χ2n) is 0.894. The summed E-state index contributed by atoms with van der Waals surface area (Å²) >= 11 is 0. The standard InChI is InChI=1S/Cd.Cu.4NO3/c;;4*2-1(3)4/q2*+2;4*-1. The summed E-state index contributed by atoms with van der Waals surface area (Å²) < 4.78 is 0. The van der Waals surface area contributed by atoms with Gasteiger partial charge in [-0.1, -0.05) is 0 Å². The van der Waals surface area contributed by atoms with Gasteiger partial charge in [0.05, 0.1) is 20.3 Å². The molecule has 0 fully saturated rings. The van der Waals surface area contributed by atoms with Crippen LogP contribution in [0.25, 0.3) is 0 Å². The molecule has 0 aromatic rings. The first-order chi connectivity index (χ1) is 6.93. The van der Waals surface area contributed by atoms with Crippen molar-refractivity contribution in [2.45, 2.75) is 0 Å². The molecule has 0 amide bonds. The Kier molecular flexibility index (Phi) is 58.9. The van der Waals surface area contributed by atoms with Crippen LogP contribution in [0.2, 0.25) is 0 Å². The second-order valence-corrected chi connectivity index (χ2v) is 0.894. The Morgan fingerprint density at radius 2 is 0.444 bits per heavy atom. The van der Waals surface area contributed by atoms with Gasteiger partial charge in [0.1, 0.15) is 0 Å². The Balaban J connectivity index is -0.0000000257. The van der Waals surface area contributed by atoms with E-state index < -0.39 is 20.3 Å². The maximum Gasteiger partial charge on any atom is 2.00 e. The van der Waals surface area contributed by atoms with Crippen LogP contribution in [0, 0.1) is 61.3 Å². The molecule has 0 bridgehead atoms. The van der Waals surface area contributed by atoms with Crippen LogP contribution in [-0.4, -0.2) is 20.3 Å². The summed E-state index contributed by atoms with van der Waals surface area (Å²) in [5, 5.41) is 59.0. The first kappa shape index (κ1) is 36.0. The molecule has 18 heteroatoms. The molecule has 0 rings (SSSR count). The van der Waals surface area contributed by atoms with E-state index in [1.165, 1.54) is 0 Å². The van der Waals surface area contributed by atoms with E-state index in [1.807, 2.05) is 0 Å². The molecule has 0 aromatic carbocycles. The van der Waals surface area contributed by atoms with Crippen LogP contribution in [-0.2, 0) is 44.4 Å². The van der Waals surface area contributed by atoms with Gasteiger partial charge in [-0.05, 0) is 0 Å². The molecular formula is CdCuN4O12. The third-order valence-electron chi connectivity index (χ3n) is 0. The van der Waals surface area contributed by atoms with E-state index in [4.69, 9.17) is 61.3 Å². The molecule has 0 atom stereocenters. The monoisotopic (exact) mass is 425 g/mol. The van der Waals surface area contributed by atoms with Gasteiger partial charge in [0.15, 0.2) is 0 Å². The fourth-order valence-electron chi connectivity index (χ4n) is 0. The fraction of sp³-hybridized carbons (Fsp3) is 0. The fourth-order valence-corrected chi connectivity index (χ4v) is 0. The molecule has 0 aromatic heterocycles. The van der Waals surface area contributed by atoms with Crippen molar-refractivity contribution in [2.75, 3.05) is 0 Å². The molecule has 1 radical (unpaired) electrons. The van der Waals surface area contributed by atoms with Gasteiger partial charge in [-0.2, -0.15) is 0 Å². The Labute approximate surface area is 126 Å². The molecule has 0 N–H and O–H groups in total. The number of hydrogen-bond acceptors (Lipinski definition) is 12. The predicted molar refractivity (Wildman–Crippen MR) is 41.4 cm³/mol. The van der Waals surface area contributed by atoms with Crippen LogP contribution in [0.5, 0.6) is 0 Å². The van der Waals surface area contributed by atoms with Gasteiger partial charge in [-0.25, -0.2) is 0 Å². The van der Waals surface area contributed by atoms with Crippen LogP contribution in [0.3, 0.4) is 0 Å². The first-order valence-corrected chi connectivity index (χ1v) is 2.19. The maximum atomic E-state index is 8.25. The molecule has 0 heterocycles. The molecule has 0 saturated carbocycles. The van der Waals surface area contributed by atoms with Crippen LogP contribution in [0.4, 0.5) is 0 Å². The van der Waals surface area contributed by atoms with Crippen molar-refractivity contribution in [2.24, 2.45) is 0 Å². The van der Waals surface area contributed by atoms with Crippen LogP contribution in [0.1, 0.15) is 0 Å². The number of nitrogens with zero attached hydrogens (tertiary/aromatic N) is 4. The smallest absolute Gasteiger partial charge is 0.356 e. The summed E-state index contributed by atoms with van der Waals surface area (Å²) in [6, 6.07) is 0. The summed E-state index contributed by atoms with van der Waals surface area (Å²) in [7, 11) is 0. The van der Waals surface area contributed by atoms with Gasteiger partial charge in [0, 0.05) is 0 Å². The van der Waals surface area contributed by atoms with E-state index in [1.54, 1.807) is 0 Å². The van der Waals surface area contributed by atoms with Crippen molar-refractivity contribution in [1.82, 2.24) is 0 Å². The summed E-state index contributed by atoms with van der Waals surface area (Å²) in [6.07, 6.45) is 0. The minimum Gasteiger partial charge on any atom is -0.356 e. The molecule has 18 heavy (non-hydrogen) atoms. The molecule has 0 spiro atoms. The van der Waals surface area contributed by atoms with Gasteiger partial charge in [-0.3, -0.25) is 0 Å². The van der Waals surface area contributed by atoms with Crippen molar-refractivity contribution in [3.05, 3.63) is 61.3 Å². The van der Waals surface area contributed by atoms with Gasteiger partial charge in [-0.15, -0.1) is 0 Å². The van der Waals surface area contributed by atoms with Gasteiger partial charge in [0.2, 0.25) is 0 Å². The molecule has 105 valence electrons. The SMILES string of the molecule is O=[N+]([O-])[O-].O=[N+]([O-])[O-].O=[N+]([O-])[O-].O=[N+]([O-])[O-].[Cd+2].[Cu+2]. The van der Waals surface area contributed by atoms with Crippen LogP contribution >= 0.6 is 0 Å². The third kappa shape index (κ3) is 808. The quantitative estimate of drug-likeness (QED) is 0.258. The Hall–Kier alpha value is -1.76. The second kappa shape index (κ2) is 29.5. The van der Waals surface area contributed by atoms with Crippen molar-refractivity contribution >= 4 is 0 Å². The zero-order chi connectivity index (χ0) is 14.3. The van der Waals surface area contributed by atoms with Crippen molar-refractivity contribution in [1.29, 1.82) is 0 Å². The van der Waals surface area contributed by atoms with E-state index in [-0.39, 0.29) is 44.4 Å².